The molecule has 0 fully saturated rings. The zero-order valence-electron chi connectivity index (χ0n) is 9.50. The van der Waals surface area contributed by atoms with E-state index < -0.39 is 0 Å². The number of thiazole rings is 1. The van der Waals surface area contributed by atoms with Crippen molar-refractivity contribution in [1.82, 2.24) is 10.3 Å². The van der Waals surface area contributed by atoms with Gasteiger partial charge in [0.15, 0.2) is 0 Å². The standard InChI is InChI=1S/C11H20N2S/c1-5-12-10(6-8(2)3)11-7-13-9(4)14-11/h7-8,10,12H,5-6H2,1-4H3. The predicted molar refractivity (Wildman–Crippen MR) is 62.7 cm³/mol. The molecule has 0 bridgehead atoms. The highest BCUT2D eigenvalue weighted by Gasteiger charge is 2.14. The van der Waals surface area contributed by atoms with Gasteiger partial charge >= 0.3 is 0 Å². The van der Waals surface area contributed by atoms with Gasteiger partial charge in [-0.25, -0.2) is 4.98 Å². The quantitative estimate of drug-likeness (QED) is 0.811. The van der Waals surface area contributed by atoms with Gasteiger partial charge in [0, 0.05) is 17.1 Å². The Balaban J connectivity index is 2.66. The molecule has 0 spiro atoms. The molecule has 2 nitrogen and oxygen atoms in total. The fourth-order valence-electron chi connectivity index (χ4n) is 1.56. The van der Waals surface area contributed by atoms with Crippen molar-refractivity contribution in [2.75, 3.05) is 6.54 Å². The summed E-state index contributed by atoms with van der Waals surface area (Å²) in [7, 11) is 0. The van der Waals surface area contributed by atoms with Crippen molar-refractivity contribution in [3.63, 3.8) is 0 Å². The minimum Gasteiger partial charge on any atom is -0.309 e. The van der Waals surface area contributed by atoms with Crippen molar-refractivity contribution < 1.29 is 0 Å². The summed E-state index contributed by atoms with van der Waals surface area (Å²) in [4.78, 5) is 5.68. The van der Waals surface area contributed by atoms with E-state index in [0.29, 0.717) is 6.04 Å². The van der Waals surface area contributed by atoms with E-state index in [-0.39, 0.29) is 0 Å². The van der Waals surface area contributed by atoms with E-state index in [0.717, 1.165) is 17.5 Å². The molecule has 0 saturated heterocycles. The van der Waals surface area contributed by atoms with E-state index in [4.69, 9.17) is 0 Å². The van der Waals surface area contributed by atoms with Crippen molar-refractivity contribution in [3.8, 4) is 0 Å². The molecule has 1 atom stereocenters. The van der Waals surface area contributed by atoms with Crippen LogP contribution in [0.1, 0.15) is 43.1 Å². The maximum Gasteiger partial charge on any atom is 0.0897 e. The Hall–Kier alpha value is -0.410. The molecule has 1 aromatic heterocycles. The summed E-state index contributed by atoms with van der Waals surface area (Å²) in [5.41, 5.74) is 0. The predicted octanol–water partition coefficient (Wildman–Crippen LogP) is 3.15. The van der Waals surface area contributed by atoms with Gasteiger partial charge in [-0.05, 0) is 25.8 Å². The Bertz CT molecular complexity index is 268. The summed E-state index contributed by atoms with van der Waals surface area (Å²) >= 11 is 1.80. The molecular formula is C11H20N2S. The van der Waals surface area contributed by atoms with E-state index in [9.17, 15) is 0 Å². The highest BCUT2D eigenvalue weighted by atomic mass is 32.1. The Morgan fingerprint density at radius 3 is 2.64 bits per heavy atom. The molecule has 0 radical (unpaired) electrons. The lowest BCUT2D eigenvalue weighted by atomic mass is 10.0. The number of nitrogens with one attached hydrogen (secondary N) is 1. The van der Waals surface area contributed by atoms with E-state index in [2.05, 4.69) is 38.0 Å². The fraction of sp³-hybridized carbons (Fsp3) is 0.727. The van der Waals surface area contributed by atoms with Gasteiger partial charge in [-0.3, -0.25) is 0 Å². The molecule has 1 aromatic rings. The summed E-state index contributed by atoms with van der Waals surface area (Å²) in [5.74, 6) is 0.724. The van der Waals surface area contributed by atoms with E-state index in [1.807, 2.05) is 6.20 Å². The van der Waals surface area contributed by atoms with E-state index in [1.54, 1.807) is 11.3 Å². The fourth-order valence-corrected chi connectivity index (χ4v) is 2.43. The third-order valence-electron chi connectivity index (χ3n) is 2.14. The maximum absolute atomic E-state index is 4.31. The van der Waals surface area contributed by atoms with Gasteiger partial charge < -0.3 is 5.32 Å². The first-order valence-corrected chi connectivity index (χ1v) is 6.10. The Morgan fingerprint density at radius 2 is 2.21 bits per heavy atom. The van der Waals surface area contributed by atoms with Crippen LogP contribution in [0, 0.1) is 12.8 Å². The lowest BCUT2D eigenvalue weighted by Crippen LogP contribution is -2.21. The van der Waals surface area contributed by atoms with Crippen LogP contribution in [0.5, 0.6) is 0 Å². The van der Waals surface area contributed by atoms with Crippen LogP contribution >= 0.6 is 11.3 Å². The summed E-state index contributed by atoms with van der Waals surface area (Å²) in [6, 6.07) is 0.492. The summed E-state index contributed by atoms with van der Waals surface area (Å²) in [5, 5.41) is 4.67. The smallest absolute Gasteiger partial charge is 0.0897 e. The van der Waals surface area contributed by atoms with Gasteiger partial charge in [0.05, 0.1) is 5.01 Å². The highest BCUT2D eigenvalue weighted by molar-refractivity contribution is 7.11. The molecule has 1 heterocycles. The zero-order chi connectivity index (χ0) is 10.6. The van der Waals surface area contributed by atoms with Gasteiger partial charge in [-0.1, -0.05) is 20.8 Å². The molecule has 14 heavy (non-hydrogen) atoms. The minimum atomic E-state index is 0.492. The van der Waals surface area contributed by atoms with Crippen molar-refractivity contribution in [1.29, 1.82) is 0 Å². The molecule has 3 heteroatoms. The lowest BCUT2D eigenvalue weighted by Gasteiger charge is -2.17. The highest BCUT2D eigenvalue weighted by Crippen LogP contribution is 2.25. The normalized spacial score (nSPS) is 13.5. The number of hydrogen-bond acceptors (Lipinski definition) is 3. The average Bonchev–Trinajstić information content (AvgIpc) is 2.50. The molecule has 1 unspecified atom stereocenters. The van der Waals surface area contributed by atoms with Crippen LogP contribution in [-0.2, 0) is 0 Å². The monoisotopic (exact) mass is 212 g/mol. The van der Waals surface area contributed by atoms with Crippen LogP contribution in [0.4, 0.5) is 0 Å². The van der Waals surface area contributed by atoms with Gasteiger partial charge in [0.2, 0.25) is 0 Å². The largest absolute Gasteiger partial charge is 0.309 e. The van der Waals surface area contributed by atoms with Crippen LogP contribution in [0.25, 0.3) is 0 Å². The minimum absolute atomic E-state index is 0.492. The molecule has 0 aliphatic rings. The van der Waals surface area contributed by atoms with Crippen LogP contribution in [0.3, 0.4) is 0 Å². The Labute approximate surface area is 90.8 Å². The van der Waals surface area contributed by atoms with Gasteiger partial charge in [0.25, 0.3) is 0 Å². The summed E-state index contributed by atoms with van der Waals surface area (Å²) in [6.45, 7) is 9.76. The molecule has 0 saturated carbocycles. The SMILES string of the molecule is CCNC(CC(C)C)c1cnc(C)s1. The molecule has 0 aliphatic carbocycles. The lowest BCUT2D eigenvalue weighted by molar-refractivity contribution is 0.443. The number of nitrogens with zero attached hydrogens (tertiary/aromatic N) is 1. The molecular weight excluding hydrogens is 192 g/mol. The second kappa shape index (κ2) is 5.47. The zero-order valence-corrected chi connectivity index (χ0v) is 10.3. The topological polar surface area (TPSA) is 24.9 Å². The third kappa shape index (κ3) is 3.39. The molecule has 1 rings (SSSR count). The van der Waals surface area contributed by atoms with Crippen molar-refractivity contribution in [3.05, 3.63) is 16.1 Å². The average molecular weight is 212 g/mol. The van der Waals surface area contributed by atoms with E-state index >= 15 is 0 Å². The molecule has 0 aliphatic heterocycles. The van der Waals surface area contributed by atoms with Crippen molar-refractivity contribution in [2.24, 2.45) is 5.92 Å². The Morgan fingerprint density at radius 1 is 1.50 bits per heavy atom. The van der Waals surface area contributed by atoms with Crippen LogP contribution in [0.15, 0.2) is 6.20 Å². The number of aromatic nitrogens is 1. The second-order valence-electron chi connectivity index (χ2n) is 4.02. The van der Waals surface area contributed by atoms with Crippen LogP contribution in [0.2, 0.25) is 0 Å². The van der Waals surface area contributed by atoms with Gasteiger partial charge in [-0.2, -0.15) is 0 Å². The number of aryl methyl sites for hydroxylation is 1. The number of hydrogen-bond donors (Lipinski definition) is 1. The molecule has 80 valence electrons. The number of rotatable bonds is 5. The molecule has 0 aromatic carbocycles. The van der Waals surface area contributed by atoms with E-state index in [1.165, 1.54) is 11.3 Å². The Kier molecular flexibility index (Phi) is 4.55. The maximum atomic E-state index is 4.31. The van der Waals surface area contributed by atoms with Gasteiger partial charge in [0.1, 0.15) is 0 Å². The van der Waals surface area contributed by atoms with Crippen molar-refractivity contribution >= 4 is 11.3 Å². The first-order chi connectivity index (χ1) is 6.63. The molecule has 1 N–H and O–H groups in total. The van der Waals surface area contributed by atoms with Crippen LogP contribution < -0.4 is 5.32 Å². The van der Waals surface area contributed by atoms with Crippen molar-refractivity contribution in [2.45, 2.75) is 40.2 Å². The van der Waals surface area contributed by atoms with Crippen LogP contribution in [-0.4, -0.2) is 11.5 Å². The third-order valence-corrected chi connectivity index (χ3v) is 3.17. The second-order valence-corrected chi connectivity index (χ2v) is 5.29. The summed E-state index contributed by atoms with van der Waals surface area (Å²) in [6.07, 6.45) is 3.20. The summed E-state index contributed by atoms with van der Waals surface area (Å²) < 4.78 is 0. The van der Waals surface area contributed by atoms with Gasteiger partial charge in [-0.15, -0.1) is 11.3 Å². The molecule has 0 amide bonds. The first-order valence-electron chi connectivity index (χ1n) is 5.29. The first kappa shape index (κ1) is 11.7.